The molecule has 0 atom stereocenters. The molecule has 0 unspecified atom stereocenters. The van der Waals surface area contributed by atoms with Gasteiger partial charge in [0.1, 0.15) is 5.75 Å². The van der Waals surface area contributed by atoms with Crippen LogP contribution in [0, 0.1) is 20.8 Å². The van der Waals surface area contributed by atoms with E-state index in [1.54, 1.807) is 26.1 Å². The maximum Gasteiger partial charge on any atom is 0.321 e. The van der Waals surface area contributed by atoms with Crippen LogP contribution in [0.1, 0.15) is 16.7 Å². The number of amides is 2. The lowest BCUT2D eigenvalue weighted by atomic mass is 10.0. The lowest BCUT2D eigenvalue weighted by Gasteiger charge is -2.22. The maximum atomic E-state index is 11.6. The monoisotopic (exact) mass is 236 g/mol. The number of nitrogens with zero attached hydrogens (tertiary/aromatic N) is 1. The van der Waals surface area contributed by atoms with E-state index in [1.165, 1.54) is 0 Å². The van der Waals surface area contributed by atoms with Gasteiger partial charge in [0.2, 0.25) is 0 Å². The number of aryl methyl sites for hydroxylation is 1. The Hall–Kier alpha value is -1.71. The number of carbonyl (C=O) groups excluding carboxylic acids is 1. The van der Waals surface area contributed by atoms with Crippen molar-refractivity contribution in [1.29, 1.82) is 0 Å². The summed E-state index contributed by atoms with van der Waals surface area (Å²) < 4.78 is 5.36. The summed E-state index contributed by atoms with van der Waals surface area (Å²) in [5, 5.41) is 2.61. The molecular weight excluding hydrogens is 216 g/mol. The topological polar surface area (TPSA) is 41.6 Å². The Morgan fingerprint density at radius 1 is 1.29 bits per heavy atom. The molecule has 0 bridgehead atoms. The van der Waals surface area contributed by atoms with Gasteiger partial charge in [0.25, 0.3) is 0 Å². The van der Waals surface area contributed by atoms with Crippen LogP contribution in [0.3, 0.4) is 0 Å². The van der Waals surface area contributed by atoms with E-state index in [2.05, 4.69) is 5.32 Å². The van der Waals surface area contributed by atoms with E-state index in [4.69, 9.17) is 4.74 Å². The molecule has 17 heavy (non-hydrogen) atoms. The van der Waals surface area contributed by atoms with Gasteiger partial charge in [-0.1, -0.05) is 0 Å². The number of ether oxygens (including phenoxy) is 1. The zero-order valence-corrected chi connectivity index (χ0v) is 11.3. The van der Waals surface area contributed by atoms with Crippen LogP contribution in [-0.4, -0.2) is 27.2 Å². The summed E-state index contributed by atoms with van der Waals surface area (Å²) in [6, 6.07) is 1.84. The summed E-state index contributed by atoms with van der Waals surface area (Å²) >= 11 is 0. The SMILES string of the molecule is CNC(=O)N(C)c1cc(C)c(OC)c(C)c1C. The van der Waals surface area contributed by atoms with Crippen LogP contribution in [0.25, 0.3) is 0 Å². The summed E-state index contributed by atoms with van der Waals surface area (Å²) in [6.45, 7) is 5.97. The van der Waals surface area contributed by atoms with Crippen LogP contribution < -0.4 is 15.0 Å². The van der Waals surface area contributed by atoms with Crippen LogP contribution in [0.4, 0.5) is 10.5 Å². The quantitative estimate of drug-likeness (QED) is 0.856. The Morgan fingerprint density at radius 2 is 1.88 bits per heavy atom. The molecule has 2 amide bonds. The van der Waals surface area contributed by atoms with Crippen LogP contribution in [0.5, 0.6) is 5.75 Å². The molecule has 0 radical (unpaired) electrons. The predicted octanol–water partition coefficient (Wildman–Crippen LogP) is 2.40. The maximum absolute atomic E-state index is 11.6. The van der Waals surface area contributed by atoms with Crippen molar-refractivity contribution in [3.05, 3.63) is 22.8 Å². The molecule has 0 aromatic heterocycles. The third kappa shape index (κ3) is 2.35. The minimum absolute atomic E-state index is 0.128. The fourth-order valence-electron chi connectivity index (χ4n) is 1.98. The highest BCUT2D eigenvalue weighted by atomic mass is 16.5. The van der Waals surface area contributed by atoms with E-state index in [-0.39, 0.29) is 6.03 Å². The third-order valence-corrected chi connectivity index (χ3v) is 3.08. The second-order valence-corrected chi connectivity index (χ2v) is 4.11. The Kier molecular flexibility index (Phi) is 3.99. The molecule has 0 fully saturated rings. The molecule has 1 aromatic rings. The number of rotatable bonds is 2. The van der Waals surface area contributed by atoms with Crippen molar-refractivity contribution in [2.24, 2.45) is 0 Å². The van der Waals surface area contributed by atoms with Gasteiger partial charge in [0, 0.05) is 19.8 Å². The highest BCUT2D eigenvalue weighted by Crippen LogP contribution is 2.32. The lowest BCUT2D eigenvalue weighted by molar-refractivity contribution is 0.249. The van der Waals surface area contributed by atoms with Crippen molar-refractivity contribution in [2.45, 2.75) is 20.8 Å². The largest absolute Gasteiger partial charge is 0.496 e. The van der Waals surface area contributed by atoms with Crippen molar-refractivity contribution in [1.82, 2.24) is 5.32 Å². The average molecular weight is 236 g/mol. The van der Waals surface area contributed by atoms with E-state index in [9.17, 15) is 4.79 Å². The molecule has 0 heterocycles. The molecule has 0 aliphatic heterocycles. The van der Waals surface area contributed by atoms with Crippen LogP contribution in [-0.2, 0) is 0 Å². The summed E-state index contributed by atoms with van der Waals surface area (Å²) in [7, 11) is 5.04. The van der Waals surface area contributed by atoms with E-state index < -0.39 is 0 Å². The van der Waals surface area contributed by atoms with Crippen LogP contribution in [0.15, 0.2) is 6.07 Å². The Balaban J connectivity index is 3.32. The molecule has 1 aromatic carbocycles. The standard InChI is InChI=1S/C13H20N2O2/c1-8-7-11(15(5)13(16)14-4)9(2)10(3)12(8)17-6/h7H,1-6H3,(H,14,16). The summed E-state index contributed by atoms with van der Waals surface area (Å²) in [5.41, 5.74) is 4.05. The normalized spacial score (nSPS) is 10.0. The van der Waals surface area contributed by atoms with Gasteiger partial charge < -0.3 is 10.1 Å². The first-order chi connectivity index (χ1) is 7.93. The molecule has 0 saturated carbocycles. The van der Waals surface area contributed by atoms with Gasteiger partial charge in [-0.05, 0) is 43.5 Å². The number of benzene rings is 1. The number of methoxy groups -OCH3 is 1. The molecule has 0 aliphatic carbocycles. The number of hydrogen-bond acceptors (Lipinski definition) is 2. The van der Waals surface area contributed by atoms with Gasteiger partial charge in [-0.25, -0.2) is 4.79 Å². The molecule has 0 saturated heterocycles. The minimum atomic E-state index is -0.128. The molecule has 94 valence electrons. The van der Waals surface area contributed by atoms with E-state index in [0.29, 0.717) is 0 Å². The van der Waals surface area contributed by atoms with Crippen molar-refractivity contribution in [3.63, 3.8) is 0 Å². The Labute approximate surface area is 103 Å². The summed E-state index contributed by atoms with van der Waals surface area (Å²) in [4.78, 5) is 13.2. The number of nitrogens with one attached hydrogen (secondary N) is 1. The van der Waals surface area contributed by atoms with Gasteiger partial charge in [-0.2, -0.15) is 0 Å². The highest BCUT2D eigenvalue weighted by molar-refractivity contribution is 5.92. The summed E-state index contributed by atoms with van der Waals surface area (Å²) in [5.74, 6) is 0.886. The van der Waals surface area contributed by atoms with Crippen molar-refractivity contribution in [3.8, 4) is 5.75 Å². The minimum Gasteiger partial charge on any atom is -0.496 e. The predicted molar refractivity (Wildman–Crippen MR) is 70.1 cm³/mol. The van der Waals surface area contributed by atoms with Gasteiger partial charge >= 0.3 is 6.03 Å². The molecule has 4 nitrogen and oxygen atoms in total. The zero-order chi connectivity index (χ0) is 13.2. The lowest BCUT2D eigenvalue weighted by Crippen LogP contribution is -2.35. The fraction of sp³-hybridized carbons (Fsp3) is 0.462. The smallest absolute Gasteiger partial charge is 0.321 e. The van der Waals surface area contributed by atoms with E-state index in [0.717, 1.165) is 28.1 Å². The second kappa shape index (κ2) is 5.08. The summed E-state index contributed by atoms with van der Waals surface area (Å²) in [6.07, 6.45) is 0. The molecule has 0 aliphatic rings. The molecule has 1 rings (SSSR count). The van der Waals surface area contributed by atoms with Crippen LogP contribution in [0.2, 0.25) is 0 Å². The highest BCUT2D eigenvalue weighted by Gasteiger charge is 2.16. The Morgan fingerprint density at radius 3 is 2.35 bits per heavy atom. The molecule has 4 heteroatoms. The number of hydrogen-bond donors (Lipinski definition) is 1. The van der Waals surface area contributed by atoms with Gasteiger partial charge in [0.05, 0.1) is 7.11 Å². The van der Waals surface area contributed by atoms with Crippen molar-refractivity contribution >= 4 is 11.7 Å². The number of anilines is 1. The molecule has 1 N–H and O–H groups in total. The van der Waals surface area contributed by atoms with E-state index in [1.807, 2.05) is 26.8 Å². The van der Waals surface area contributed by atoms with Gasteiger partial charge in [-0.15, -0.1) is 0 Å². The first-order valence-electron chi connectivity index (χ1n) is 5.54. The Bertz CT molecular complexity index is 442. The molecular formula is C13H20N2O2. The number of carbonyl (C=O) groups is 1. The van der Waals surface area contributed by atoms with Gasteiger partial charge in [-0.3, -0.25) is 4.90 Å². The van der Waals surface area contributed by atoms with Gasteiger partial charge in [0.15, 0.2) is 0 Å². The van der Waals surface area contributed by atoms with Crippen molar-refractivity contribution < 1.29 is 9.53 Å². The molecule has 0 spiro atoms. The first kappa shape index (κ1) is 13.4. The zero-order valence-electron chi connectivity index (χ0n) is 11.3. The van der Waals surface area contributed by atoms with Crippen molar-refractivity contribution in [2.75, 3.05) is 26.1 Å². The van der Waals surface area contributed by atoms with E-state index >= 15 is 0 Å². The fourth-order valence-corrected chi connectivity index (χ4v) is 1.98. The second-order valence-electron chi connectivity index (χ2n) is 4.11. The average Bonchev–Trinajstić information content (AvgIpc) is 2.32. The number of urea groups is 1. The third-order valence-electron chi connectivity index (χ3n) is 3.08. The first-order valence-corrected chi connectivity index (χ1v) is 5.54. The van der Waals surface area contributed by atoms with Crippen LogP contribution >= 0.6 is 0 Å².